The van der Waals surface area contributed by atoms with Crippen molar-refractivity contribution in [3.05, 3.63) is 36.3 Å². The standard InChI is InChI=1S/C14H17N3O/c1-3-6-18-12-7-11(8-16-9-12)14-13(15)10(2)4-5-17-14/h4-5,7-9H,3,6,15H2,1-2H3. The molecule has 0 aromatic carbocycles. The van der Waals surface area contributed by atoms with Crippen molar-refractivity contribution in [1.29, 1.82) is 0 Å². The van der Waals surface area contributed by atoms with Gasteiger partial charge < -0.3 is 10.5 Å². The highest BCUT2D eigenvalue weighted by molar-refractivity contribution is 5.74. The van der Waals surface area contributed by atoms with Gasteiger partial charge in [0.05, 0.1) is 24.2 Å². The predicted octanol–water partition coefficient (Wildman–Crippen LogP) is 2.82. The van der Waals surface area contributed by atoms with Crippen molar-refractivity contribution < 1.29 is 4.74 Å². The summed E-state index contributed by atoms with van der Waals surface area (Å²) >= 11 is 0. The van der Waals surface area contributed by atoms with E-state index in [0.29, 0.717) is 12.3 Å². The number of rotatable bonds is 4. The van der Waals surface area contributed by atoms with Crippen LogP contribution in [0.1, 0.15) is 18.9 Å². The van der Waals surface area contributed by atoms with Crippen LogP contribution < -0.4 is 10.5 Å². The number of nitrogens with zero attached hydrogens (tertiary/aromatic N) is 2. The van der Waals surface area contributed by atoms with Crippen LogP contribution in [0.15, 0.2) is 30.7 Å². The van der Waals surface area contributed by atoms with E-state index in [4.69, 9.17) is 10.5 Å². The van der Waals surface area contributed by atoms with Gasteiger partial charge in [-0.2, -0.15) is 0 Å². The molecule has 18 heavy (non-hydrogen) atoms. The Hall–Kier alpha value is -2.10. The van der Waals surface area contributed by atoms with E-state index in [1.807, 2.05) is 19.1 Å². The number of pyridine rings is 2. The molecule has 0 aliphatic heterocycles. The molecule has 2 rings (SSSR count). The Bertz CT molecular complexity index is 540. The van der Waals surface area contributed by atoms with Crippen LogP contribution in [0.5, 0.6) is 5.75 Å². The Balaban J connectivity index is 2.35. The van der Waals surface area contributed by atoms with Gasteiger partial charge in [-0.15, -0.1) is 0 Å². The first-order valence-electron chi connectivity index (χ1n) is 6.01. The van der Waals surface area contributed by atoms with E-state index in [1.165, 1.54) is 0 Å². The van der Waals surface area contributed by atoms with E-state index in [1.54, 1.807) is 18.6 Å². The largest absolute Gasteiger partial charge is 0.492 e. The molecule has 2 aromatic rings. The monoisotopic (exact) mass is 243 g/mol. The molecule has 0 bridgehead atoms. The predicted molar refractivity (Wildman–Crippen MR) is 72.4 cm³/mol. The van der Waals surface area contributed by atoms with Gasteiger partial charge in [-0.25, -0.2) is 0 Å². The summed E-state index contributed by atoms with van der Waals surface area (Å²) in [7, 11) is 0. The fourth-order valence-corrected chi connectivity index (χ4v) is 1.65. The minimum absolute atomic E-state index is 0.682. The summed E-state index contributed by atoms with van der Waals surface area (Å²) < 4.78 is 5.56. The first kappa shape index (κ1) is 12.4. The molecular formula is C14H17N3O. The van der Waals surface area contributed by atoms with Crippen molar-refractivity contribution >= 4 is 5.69 Å². The fourth-order valence-electron chi connectivity index (χ4n) is 1.65. The second kappa shape index (κ2) is 5.49. The molecule has 2 aromatic heterocycles. The van der Waals surface area contributed by atoms with Crippen molar-refractivity contribution in [3.8, 4) is 17.0 Å². The lowest BCUT2D eigenvalue weighted by molar-refractivity contribution is 0.316. The molecule has 0 unspecified atom stereocenters. The molecule has 0 radical (unpaired) electrons. The summed E-state index contributed by atoms with van der Waals surface area (Å²) in [5.74, 6) is 0.747. The van der Waals surface area contributed by atoms with E-state index >= 15 is 0 Å². The Kier molecular flexibility index (Phi) is 3.77. The molecule has 0 fully saturated rings. The van der Waals surface area contributed by atoms with Crippen molar-refractivity contribution in [1.82, 2.24) is 9.97 Å². The van der Waals surface area contributed by atoms with E-state index < -0.39 is 0 Å². The molecule has 0 saturated heterocycles. The number of aromatic nitrogens is 2. The normalized spacial score (nSPS) is 10.3. The first-order valence-corrected chi connectivity index (χ1v) is 6.01. The van der Waals surface area contributed by atoms with Crippen LogP contribution in [0, 0.1) is 6.92 Å². The summed E-state index contributed by atoms with van der Waals surface area (Å²) in [5, 5.41) is 0. The number of nitrogens with two attached hydrogens (primary N) is 1. The molecule has 2 N–H and O–H groups in total. The highest BCUT2D eigenvalue weighted by Crippen LogP contribution is 2.27. The molecule has 4 nitrogen and oxygen atoms in total. The SMILES string of the molecule is CCCOc1cncc(-c2nccc(C)c2N)c1. The highest BCUT2D eigenvalue weighted by atomic mass is 16.5. The lowest BCUT2D eigenvalue weighted by Crippen LogP contribution is -1.98. The Labute approximate surface area is 107 Å². The second-order valence-corrected chi connectivity index (χ2v) is 4.15. The molecule has 0 amide bonds. The minimum Gasteiger partial charge on any atom is -0.492 e. The first-order chi connectivity index (χ1) is 8.72. The highest BCUT2D eigenvalue weighted by Gasteiger charge is 2.07. The molecule has 0 atom stereocenters. The number of aryl methyl sites for hydroxylation is 1. The lowest BCUT2D eigenvalue weighted by Gasteiger charge is -2.09. The molecule has 94 valence electrons. The average molecular weight is 243 g/mol. The van der Waals surface area contributed by atoms with Gasteiger partial charge in [0.1, 0.15) is 5.75 Å². The average Bonchev–Trinajstić information content (AvgIpc) is 2.40. The van der Waals surface area contributed by atoms with E-state index in [2.05, 4.69) is 16.9 Å². The maximum absolute atomic E-state index is 6.03. The fraction of sp³-hybridized carbons (Fsp3) is 0.286. The molecule has 0 aliphatic rings. The van der Waals surface area contributed by atoms with Crippen molar-refractivity contribution in [2.45, 2.75) is 20.3 Å². The third-order valence-corrected chi connectivity index (χ3v) is 2.67. The molecule has 0 spiro atoms. The van der Waals surface area contributed by atoms with Gasteiger partial charge in [0.25, 0.3) is 0 Å². The molecular weight excluding hydrogens is 226 g/mol. The summed E-state index contributed by atoms with van der Waals surface area (Å²) in [6.07, 6.45) is 6.16. The summed E-state index contributed by atoms with van der Waals surface area (Å²) in [6.45, 7) is 4.71. The zero-order valence-corrected chi connectivity index (χ0v) is 10.7. The third kappa shape index (κ3) is 2.59. The maximum atomic E-state index is 6.03. The van der Waals surface area contributed by atoms with Crippen LogP contribution >= 0.6 is 0 Å². The van der Waals surface area contributed by atoms with E-state index in [9.17, 15) is 0 Å². The number of ether oxygens (including phenoxy) is 1. The van der Waals surface area contributed by atoms with Crippen molar-refractivity contribution in [2.24, 2.45) is 0 Å². The van der Waals surface area contributed by atoms with Crippen LogP contribution in [0.3, 0.4) is 0 Å². The summed E-state index contributed by atoms with van der Waals surface area (Å²) in [6, 6.07) is 3.81. The van der Waals surface area contributed by atoms with Crippen molar-refractivity contribution in [2.75, 3.05) is 12.3 Å². The zero-order valence-electron chi connectivity index (χ0n) is 10.7. The lowest BCUT2D eigenvalue weighted by atomic mass is 10.1. The van der Waals surface area contributed by atoms with E-state index in [0.717, 1.165) is 29.0 Å². The zero-order chi connectivity index (χ0) is 13.0. The number of anilines is 1. The Morgan fingerprint density at radius 3 is 2.94 bits per heavy atom. The molecule has 4 heteroatoms. The van der Waals surface area contributed by atoms with Gasteiger partial charge in [0, 0.05) is 18.0 Å². The summed E-state index contributed by atoms with van der Waals surface area (Å²) in [5.41, 5.74) is 9.37. The minimum atomic E-state index is 0.682. The molecule has 2 heterocycles. The van der Waals surface area contributed by atoms with Crippen molar-refractivity contribution in [3.63, 3.8) is 0 Å². The quantitative estimate of drug-likeness (QED) is 0.897. The van der Waals surface area contributed by atoms with Crippen LogP contribution in [-0.2, 0) is 0 Å². The van der Waals surface area contributed by atoms with Crippen LogP contribution in [-0.4, -0.2) is 16.6 Å². The number of nitrogen functional groups attached to an aromatic ring is 1. The van der Waals surface area contributed by atoms with Gasteiger partial charge in [0.2, 0.25) is 0 Å². The van der Waals surface area contributed by atoms with Gasteiger partial charge in [0.15, 0.2) is 0 Å². The van der Waals surface area contributed by atoms with Gasteiger partial charge >= 0.3 is 0 Å². The molecule has 0 saturated carbocycles. The smallest absolute Gasteiger partial charge is 0.138 e. The second-order valence-electron chi connectivity index (χ2n) is 4.15. The number of hydrogen-bond donors (Lipinski definition) is 1. The topological polar surface area (TPSA) is 61.0 Å². The Morgan fingerprint density at radius 1 is 1.33 bits per heavy atom. The van der Waals surface area contributed by atoms with Gasteiger partial charge in [-0.1, -0.05) is 6.92 Å². The summed E-state index contributed by atoms with van der Waals surface area (Å²) in [4.78, 5) is 8.47. The van der Waals surface area contributed by atoms with Gasteiger partial charge in [-0.05, 0) is 31.0 Å². The maximum Gasteiger partial charge on any atom is 0.138 e. The molecule has 0 aliphatic carbocycles. The van der Waals surface area contributed by atoms with Crippen LogP contribution in [0.4, 0.5) is 5.69 Å². The van der Waals surface area contributed by atoms with E-state index in [-0.39, 0.29) is 0 Å². The van der Waals surface area contributed by atoms with Crippen LogP contribution in [0.2, 0.25) is 0 Å². The van der Waals surface area contributed by atoms with Crippen LogP contribution in [0.25, 0.3) is 11.3 Å². The number of hydrogen-bond acceptors (Lipinski definition) is 4. The third-order valence-electron chi connectivity index (χ3n) is 2.67. The van der Waals surface area contributed by atoms with Gasteiger partial charge in [-0.3, -0.25) is 9.97 Å². The Morgan fingerprint density at radius 2 is 2.17 bits per heavy atom.